The highest BCUT2D eigenvalue weighted by Gasteiger charge is 2.34. The zero-order chi connectivity index (χ0) is 15.7. The van der Waals surface area contributed by atoms with Gasteiger partial charge >= 0.3 is 6.36 Å². The second kappa shape index (κ2) is 5.32. The van der Waals surface area contributed by atoms with Gasteiger partial charge in [-0.25, -0.2) is 0 Å². The van der Waals surface area contributed by atoms with Crippen molar-refractivity contribution in [2.24, 2.45) is 0 Å². The number of carbonyl (C=O) groups is 1. The molecule has 22 heavy (non-hydrogen) atoms. The molecule has 2 heterocycles. The third-order valence-corrected chi connectivity index (χ3v) is 3.25. The Morgan fingerprint density at radius 1 is 1.14 bits per heavy atom. The van der Waals surface area contributed by atoms with Crippen LogP contribution >= 0.6 is 0 Å². The number of rotatable bonds is 3. The van der Waals surface area contributed by atoms with Crippen LogP contribution in [-0.4, -0.2) is 45.3 Å². The molecule has 1 saturated heterocycles. The first-order valence-corrected chi connectivity index (χ1v) is 6.43. The lowest BCUT2D eigenvalue weighted by molar-refractivity contribution is -0.274. The van der Waals surface area contributed by atoms with Gasteiger partial charge in [-0.15, -0.1) is 13.2 Å². The first-order chi connectivity index (χ1) is 10.4. The van der Waals surface area contributed by atoms with Gasteiger partial charge in [0.25, 0.3) is 5.91 Å². The molecule has 0 aliphatic carbocycles. The van der Waals surface area contributed by atoms with Gasteiger partial charge in [0.15, 0.2) is 0 Å². The van der Waals surface area contributed by atoms with E-state index in [1.165, 1.54) is 16.9 Å². The second-order valence-electron chi connectivity index (χ2n) is 4.79. The largest absolute Gasteiger partial charge is 0.573 e. The van der Waals surface area contributed by atoms with Gasteiger partial charge in [0.2, 0.25) is 0 Å². The molecule has 0 radical (unpaired) electrons. The molecular formula is C13H11F3N4O2. The first-order valence-electron chi connectivity index (χ1n) is 6.43. The Labute approximate surface area is 123 Å². The van der Waals surface area contributed by atoms with Crippen molar-refractivity contribution < 1.29 is 22.7 Å². The molecule has 116 valence electrons. The standard InChI is InChI=1S/C13H11F3N4O2/c14-13(15,16)22-11-3-1-9(2-4-11)12(21)19-7-10(8-19)20-17-5-6-18-20/h1-6,10H,7-8H2. The maximum absolute atomic E-state index is 12.2. The van der Waals surface area contributed by atoms with Crippen molar-refractivity contribution in [2.75, 3.05) is 13.1 Å². The van der Waals surface area contributed by atoms with E-state index in [9.17, 15) is 18.0 Å². The van der Waals surface area contributed by atoms with Gasteiger partial charge in [-0.3, -0.25) is 4.79 Å². The van der Waals surface area contributed by atoms with E-state index in [1.807, 2.05) is 0 Å². The molecule has 0 spiro atoms. The van der Waals surface area contributed by atoms with E-state index in [4.69, 9.17) is 0 Å². The Balaban J connectivity index is 1.59. The first kappa shape index (κ1) is 14.4. The van der Waals surface area contributed by atoms with Gasteiger partial charge in [0.1, 0.15) is 11.8 Å². The van der Waals surface area contributed by atoms with Crippen LogP contribution in [0, 0.1) is 0 Å². The number of benzene rings is 1. The van der Waals surface area contributed by atoms with Crippen LogP contribution in [0.2, 0.25) is 0 Å². The number of hydrogen-bond acceptors (Lipinski definition) is 4. The molecule has 1 aromatic heterocycles. The highest BCUT2D eigenvalue weighted by Crippen LogP contribution is 2.25. The molecule has 1 aromatic carbocycles. The summed E-state index contributed by atoms with van der Waals surface area (Å²) in [6.07, 6.45) is -1.62. The van der Waals surface area contributed by atoms with E-state index in [0.29, 0.717) is 18.7 Å². The molecular weight excluding hydrogens is 301 g/mol. The van der Waals surface area contributed by atoms with Gasteiger partial charge in [-0.2, -0.15) is 15.0 Å². The Morgan fingerprint density at radius 3 is 2.27 bits per heavy atom. The van der Waals surface area contributed by atoms with Gasteiger partial charge in [-0.1, -0.05) is 0 Å². The lowest BCUT2D eigenvalue weighted by Gasteiger charge is -2.38. The lowest BCUT2D eigenvalue weighted by atomic mass is 10.1. The minimum Gasteiger partial charge on any atom is -0.406 e. The summed E-state index contributed by atoms with van der Waals surface area (Å²) >= 11 is 0. The number of aromatic nitrogens is 3. The normalized spacial score (nSPS) is 15.5. The molecule has 1 fully saturated rings. The molecule has 0 bridgehead atoms. The molecule has 6 nitrogen and oxygen atoms in total. The van der Waals surface area contributed by atoms with Crippen LogP contribution in [0.25, 0.3) is 0 Å². The van der Waals surface area contributed by atoms with Crippen molar-refractivity contribution >= 4 is 5.91 Å². The lowest BCUT2D eigenvalue weighted by Crippen LogP contribution is -2.51. The average Bonchev–Trinajstić information content (AvgIpc) is 2.89. The van der Waals surface area contributed by atoms with Crippen molar-refractivity contribution in [3.63, 3.8) is 0 Å². The van der Waals surface area contributed by atoms with E-state index in [-0.39, 0.29) is 17.7 Å². The van der Waals surface area contributed by atoms with E-state index in [0.717, 1.165) is 12.1 Å². The van der Waals surface area contributed by atoms with Crippen molar-refractivity contribution in [3.8, 4) is 5.75 Å². The number of carbonyl (C=O) groups excluding carboxylic acids is 1. The third-order valence-electron chi connectivity index (χ3n) is 3.25. The molecule has 0 saturated carbocycles. The second-order valence-corrected chi connectivity index (χ2v) is 4.79. The summed E-state index contributed by atoms with van der Waals surface area (Å²) < 4.78 is 39.9. The summed E-state index contributed by atoms with van der Waals surface area (Å²) in [4.78, 5) is 15.3. The molecule has 2 aromatic rings. The highest BCUT2D eigenvalue weighted by molar-refractivity contribution is 5.94. The van der Waals surface area contributed by atoms with E-state index in [2.05, 4.69) is 14.9 Å². The summed E-state index contributed by atoms with van der Waals surface area (Å²) in [5.74, 6) is -0.603. The van der Waals surface area contributed by atoms with Crippen LogP contribution in [0.3, 0.4) is 0 Å². The number of alkyl halides is 3. The summed E-state index contributed by atoms with van der Waals surface area (Å²) in [7, 11) is 0. The van der Waals surface area contributed by atoms with E-state index in [1.54, 1.807) is 17.3 Å². The number of amides is 1. The topological polar surface area (TPSA) is 60.2 Å². The minimum absolute atomic E-state index is 0.0341. The van der Waals surface area contributed by atoms with Crippen molar-refractivity contribution in [2.45, 2.75) is 12.4 Å². The fourth-order valence-electron chi connectivity index (χ4n) is 2.16. The van der Waals surface area contributed by atoms with Crippen LogP contribution in [0.5, 0.6) is 5.75 Å². The maximum Gasteiger partial charge on any atom is 0.573 e. The fourth-order valence-corrected chi connectivity index (χ4v) is 2.16. The number of hydrogen-bond donors (Lipinski definition) is 0. The predicted molar refractivity (Wildman–Crippen MR) is 68.1 cm³/mol. The van der Waals surface area contributed by atoms with Gasteiger partial charge in [0.05, 0.1) is 12.4 Å². The Kier molecular flexibility index (Phi) is 3.47. The number of halogens is 3. The van der Waals surface area contributed by atoms with Crippen LogP contribution in [0.1, 0.15) is 16.4 Å². The third kappa shape index (κ3) is 3.02. The highest BCUT2D eigenvalue weighted by atomic mass is 19.4. The Bertz CT molecular complexity index is 649. The molecule has 9 heteroatoms. The minimum atomic E-state index is -4.74. The van der Waals surface area contributed by atoms with E-state index >= 15 is 0 Å². The molecule has 3 rings (SSSR count). The summed E-state index contributed by atoms with van der Waals surface area (Å²) in [6, 6.07) is 4.89. The zero-order valence-corrected chi connectivity index (χ0v) is 11.2. The summed E-state index contributed by atoms with van der Waals surface area (Å²) in [5, 5.41) is 7.99. The monoisotopic (exact) mass is 312 g/mol. The molecule has 0 unspecified atom stereocenters. The van der Waals surface area contributed by atoms with Crippen molar-refractivity contribution in [3.05, 3.63) is 42.2 Å². The fraction of sp³-hybridized carbons (Fsp3) is 0.308. The summed E-state index contributed by atoms with van der Waals surface area (Å²) in [6.45, 7) is 0.933. The molecule has 1 aliphatic rings. The van der Waals surface area contributed by atoms with Crippen LogP contribution in [0.4, 0.5) is 13.2 Å². The Morgan fingerprint density at radius 2 is 1.73 bits per heavy atom. The van der Waals surface area contributed by atoms with E-state index < -0.39 is 6.36 Å². The SMILES string of the molecule is O=C(c1ccc(OC(F)(F)F)cc1)N1CC(n2nccn2)C1. The Hall–Kier alpha value is -2.58. The van der Waals surface area contributed by atoms with Gasteiger partial charge < -0.3 is 9.64 Å². The molecule has 0 atom stereocenters. The summed E-state index contributed by atoms with van der Waals surface area (Å²) in [5.41, 5.74) is 0.307. The smallest absolute Gasteiger partial charge is 0.406 e. The molecule has 1 aliphatic heterocycles. The van der Waals surface area contributed by atoms with Crippen LogP contribution in [-0.2, 0) is 0 Å². The van der Waals surface area contributed by atoms with Gasteiger partial charge in [-0.05, 0) is 24.3 Å². The predicted octanol–water partition coefficient (Wildman–Crippen LogP) is 1.87. The number of likely N-dealkylation sites (tertiary alicyclic amines) is 1. The van der Waals surface area contributed by atoms with Crippen LogP contribution < -0.4 is 4.74 Å². The molecule has 0 N–H and O–H groups in total. The quantitative estimate of drug-likeness (QED) is 0.868. The van der Waals surface area contributed by atoms with Gasteiger partial charge in [0, 0.05) is 18.7 Å². The zero-order valence-electron chi connectivity index (χ0n) is 11.2. The maximum atomic E-state index is 12.2. The van der Waals surface area contributed by atoms with Crippen molar-refractivity contribution in [1.82, 2.24) is 19.9 Å². The molecule has 1 amide bonds. The average molecular weight is 312 g/mol. The van der Waals surface area contributed by atoms with Crippen molar-refractivity contribution in [1.29, 1.82) is 0 Å². The number of ether oxygens (including phenoxy) is 1. The van der Waals surface area contributed by atoms with Crippen LogP contribution in [0.15, 0.2) is 36.7 Å². The number of nitrogens with zero attached hydrogens (tertiary/aromatic N) is 4.